The molecule has 0 amide bonds. The van der Waals surface area contributed by atoms with Gasteiger partial charge >= 0.3 is 0 Å². The molecule has 0 unspecified atom stereocenters. The quantitative estimate of drug-likeness (QED) is 0.473. The Hall–Kier alpha value is 0.0249. The molecule has 0 spiro atoms. The number of hydrogen-bond donors (Lipinski definition) is 0. The zero-order chi connectivity index (χ0) is 13.9. The van der Waals surface area contributed by atoms with Crippen molar-refractivity contribution in [1.29, 1.82) is 0 Å². The van der Waals surface area contributed by atoms with Crippen LogP contribution in [0.2, 0.25) is 5.31 Å². The van der Waals surface area contributed by atoms with E-state index in [9.17, 15) is 0 Å². The average molecular weight is 243 g/mol. The molecule has 0 fully saturated rings. The van der Waals surface area contributed by atoms with Crippen LogP contribution in [0.1, 0.15) is 67.7 Å². The zero-order valence-electron chi connectivity index (χ0n) is 12.9. The lowest BCUT2D eigenvalue weighted by molar-refractivity contribution is -0.921. The summed E-state index contributed by atoms with van der Waals surface area (Å²) < 4.78 is 1.28. The number of nitrogens with zero attached hydrogens (tertiary/aromatic N) is 1. The lowest BCUT2D eigenvalue weighted by Gasteiger charge is -2.34. The molecule has 106 valence electrons. The third-order valence-electron chi connectivity index (χ3n) is 4.18. The maximum atomic E-state index is 2.33. The molecular formula is C15H38BN. The molecule has 0 bridgehead atoms. The molecule has 17 heavy (non-hydrogen) atoms. The maximum absolute atomic E-state index is 2.33. The maximum Gasteiger partial charge on any atom is 0.0757 e. The summed E-state index contributed by atoms with van der Waals surface area (Å²) in [6.07, 6.45) is 4.29. The minimum absolute atomic E-state index is 0.583. The third-order valence-corrected chi connectivity index (χ3v) is 4.18. The van der Waals surface area contributed by atoms with E-state index < -0.39 is 0 Å². The van der Waals surface area contributed by atoms with Crippen molar-refractivity contribution in [3.8, 4) is 0 Å². The Bertz CT molecular complexity index is 135. The molecule has 0 saturated carbocycles. The van der Waals surface area contributed by atoms with Crippen LogP contribution in [0.25, 0.3) is 0 Å². The van der Waals surface area contributed by atoms with Gasteiger partial charge in [0, 0.05) is 0 Å². The van der Waals surface area contributed by atoms with Gasteiger partial charge in [-0.2, -0.15) is 5.31 Å². The van der Waals surface area contributed by atoms with Crippen LogP contribution in [-0.4, -0.2) is 38.5 Å². The summed E-state index contributed by atoms with van der Waals surface area (Å²) in [4.78, 5) is 0. The second kappa shape index (κ2) is 9.99. The molecule has 0 aliphatic heterocycles. The zero-order valence-corrected chi connectivity index (χ0v) is 12.9. The van der Waals surface area contributed by atoms with E-state index in [-0.39, 0.29) is 0 Å². The molecule has 0 N–H and O–H groups in total. The summed E-state index contributed by atoms with van der Waals surface area (Å²) in [5.41, 5.74) is 0. The summed E-state index contributed by atoms with van der Waals surface area (Å²) in [7, 11) is 0.583. The van der Waals surface area contributed by atoms with Gasteiger partial charge in [-0.05, 0) is 35.5 Å². The average Bonchev–Trinajstić information content (AvgIpc) is 2.42. The third kappa shape index (κ3) is 7.13. The molecule has 1 nitrogen and oxygen atoms in total. The van der Waals surface area contributed by atoms with Crippen LogP contribution in [0.5, 0.6) is 0 Å². The predicted octanol–water partition coefficient (Wildman–Crippen LogP) is 3.62. The van der Waals surface area contributed by atoms with Gasteiger partial charge in [0.1, 0.15) is 0 Å². The van der Waals surface area contributed by atoms with Crippen molar-refractivity contribution in [2.75, 3.05) is 26.2 Å². The first-order valence-electron chi connectivity index (χ1n) is 7.28. The van der Waals surface area contributed by atoms with Gasteiger partial charge in [-0.3, -0.25) is 0 Å². The fraction of sp³-hybridized carbons (Fsp3) is 1.00. The molecular weight excluding hydrogens is 205 g/mol. The Kier molecular flexibility index (Phi) is 11.4. The molecule has 0 heterocycles. The van der Waals surface area contributed by atoms with Gasteiger partial charge in [0.25, 0.3) is 0 Å². The van der Waals surface area contributed by atoms with Crippen molar-refractivity contribution < 1.29 is 4.48 Å². The smallest absolute Gasteiger partial charge is 0.0757 e. The Balaban J connectivity index is 0. The normalized spacial score (nSPS) is 12.0. The van der Waals surface area contributed by atoms with Gasteiger partial charge in [0.2, 0.25) is 0 Å². The second-order valence-electron chi connectivity index (χ2n) is 4.42. The van der Waals surface area contributed by atoms with E-state index in [1.165, 1.54) is 49.9 Å². The lowest BCUT2D eigenvalue weighted by Crippen LogP contribution is -2.47. The summed E-state index contributed by atoms with van der Waals surface area (Å²) in [5, 5.41) is 0.875. The van der Waals surface area contributed by atoms with Crippen LogP contribution in [0.15, 0.2) is 0 Å². The first kappa shape index (κ1) is 19.4. The Morgan fingerprint density at radius 1 is 0.647 bits per heavy atom. The molecule has 0 aromatic rings. The number of quaternary nitrogens is 1. The largest absolute Gasteiger partial charge is 0.325 e. The highest BCUT2D eigenvalue weighted by Gasteiger charge is 2.16. The van der Waals surface area contributed by atoms with Crippen molar-refractivity contribution >= 4 is 7.85 Å². The summed E-state index contributed by atoms with van der Waals surface area (Å²) in [5.74, 6) is 0. The molecule has 0 aromatic carbocycles. The topological polar surface area (TPSA) is 0 Å². The monoisotopic (exact) mass is 243 g/mol. The van der Waals surface area contributed by atoms with Crippen molar-refractivity contribution in [2.45, 2.75) is 73.0 Å². The van der Waals surface area contributed by atoms with Gasteiger partial charge in [-0.25, -0.2) is 0 Å². The fourth-order valence-corrected chi connectivity index (χ4v) is 2.09. The van der Waals surface area contributed by atoms with Crippen molar-refractivity contribution in [1.82, 2.24) is 0 Å². The van der Waals surface area contributed by atoms with Crippen molar-refractivity contribution in [3.63, 3.8) is 0 Å². The van der Waals surface area contributed by atoms with Gasteiger partial charge in [-0.15, -0.1) is 0 Å². The SMILES string of the molecule is CC[N+](CC)(CC)CC.[BH3-]C(CC)(CC)CC. The van der Waals surface area contributed by atoms with Crippen molar-refractivity contribution in [3.05, 3.63) is 0 Å². The Labute approximate surface area is 112 Å². The summed E-state index contributed by atoms with van der Waals surface area (Å²) >= 11 is 0. The van der Waals surface area contributed by atoms with E-state index in [0.29, 0.717) is 7.85 Å². The van der Waals surface area contributed by atoms with Gasteiger partial charge < -0.3 is 4.48 Å². The molecule has 0 aliphatic carbocycles. The molecule has 0 radical (unpaired) electrons. The van der Waals surface area contributed by atoms with Crippen LogP contribution in [0, 0.1) is 0 Å². The highest BCUT2D eigenvalue weighted by Crippen LogP contribution is 2.33. The van der Waals surface area contributed by atoms with Gasteiger partial charge in [0.15, 0.2) is 0 Å². The highest BCUT2D eigenvalue weighted by molar-refractivity contribution is 6.15. The van der Waals surface area contributed by atoms with Crippen LogP contribution in [0.3, 0.4) is 0 Å². The fourth-order valence-electron chi connectivity index (χ4n) is 2.09. The standard InChI is InChI=1S/C8H20N.C7H18B/c1-5-9(6-2,7-3)8-4;1-4-7(8,5-2)6-3/h5-8H2,1-4H3;4-6H2,1-3,8H3/q+1;-1. The van der Waals surface area contributed by atoms with Crippen LogP contribution in [0.4, 0.5) is 0 Å². The number of rotatable bonds is 7. The first-order valence-corrected chi connectivity index (χ1v) is 7.28. The van der Waals surface area contributed by atoms with Crippen molar-refractivity contribution in [2.24, 2.45) is 0 Å². The van der Waals surface area contributed by atoms with E-state index in [2.05, 4.69) is 48.5 Å². The summed E-state index contributed by atoms with van der Waals surface area (Å²) in [6, 6.07) is 0. The lowest BCUT2D eigenvalue weighted by atomic mass is 9.63. The molecule has 0 rings (SSSR count). The van der Waals surface area contributed by atoms with E-state index >= 15 is 0 Å². The molecule has 0 aliphatic rings. The van der Waals surface area contributed by atoms with E-state index in [4.69, 9.17) is 0 Å². The van der Waals surface area contributed by atoms with E-state index in [0.717, 1.165) is 5.31 Å². The van der Waals surface area contributed by atoms with Crippen LogP contribution >= 0.6 is 0 Å². The number of hydrogen-bond acceptors (Lipinski definition) is 0. The van der Waals surface area contributed by atoms with E-state index in [1.807, 2.05) is 0 Å². The molecule has 2 heteroatoms. The van der Waals surface area contributed by atoms with Crippen LogP contribution < -0.4 is 0 Å². The second-order valence-corrected chi connectivity index (χ2v) is 4.42. The summed E-state index contributed by atoms with van der Waals surface area (Å²) in [6.45, 7) is 21.2. The Morgan fingerprint density at radius 3 is 0.882 bits per heavy atom. The van der Waals surface area contributed by atoms with Gasteiger partial charge in [0.05, 0.1) is 26.2 Å². The van der Waals surface area contributed by atoms with E-state index in [1.54, 1.807) is 0 Å². The minimum atomic E-state index is 0.583. The minimum Gasteiger partial charge on any atom is -0.325 e. The van der Waals surface area contributed by atoms with Crippen LogP contribution in [-0.2, 0) is 0 Å². The molecule has 0 saturated heterocycles. The van der Waals surface area contributed by atoms with Gasteiger partial charge in [-0.1, -0.05) is 40.0 Å². The first-order chi connectivity index (χ1) is 7.92. The molecule has 0 aromatic heterocycles. The predicted molar refractivity (Wildman–Crippen MR) is 85.9 cm³/mol. The Morgan fingerprint density at radius 2 is 0.882 bits per heavy atom. The highest BCUT2D eigenvalue weighted by atomic mass is 15.3. The molecule has 0 atom stereocenters.